The van der Waals surface area contributed by atoms with Crippen molar-refractivity contribution in [2.24, 2.45) is 4.99 Å². The summed E-state index contributed by atoms with van der Waals surface area (Å²) < 4.78 is 11.3. The minimum absolute atomic E-state index is 0.0959. The van der Waals surface area contributed by atoms with Crippen molar-refractivity contribution >= 4 is 17.9 Å². The van der Waals surface area contributed by atoms with Crippen molar-refractivity contribution in [2.75, 3.05) is 0 Å². The summed E-state index contributed by atoms with van der Waals surface area (Å²) in [6.07, 6.45) is 2.72. The number of hydrogen-bond donors (Lipinski definition) is 0. The Morgan fingerprint density at radius 3 is 2.44 bits per heavy atom. The van der Waals surface area contributed by atoms with Gasteiger partial charge in [0.25, 0.3) is 0 Å². The topological polar surface area (TPSA) is 47.9 Å². The highest BCUT2D eigenvalue weighted by Gasteiger charge is 2.24. The maximum absolute atomic E-state index is 12.3. The largest absolute Gasteiger partial charge is 0.490 e. The predicted molar refractivity (Wildman–Crippen MR) is 108 cm³/mol. The Kier molecular flexibility index (Phi) is 5.75. The van der Waals surface area contributed by atoms with Crippen molar-refractivity contribution in [3.63, 3.8) is 0 Å². The van der Waals surface area contributed by atoms with Crippen LogP contribution in [0, 0.1) is 0 Å². The lowest BCUT2D eigenvalue weighted by Gasteiger charge is -2.14. The first-order valence-corrected chi connectivity index (χ1v) is 9.36. The van der Waals surface area contributed by atoms with Gasteiger partial charge in [0, 0.05) is 11.1 Å². The molecule has 0 aliphatic carbocycles. The first kappa shape index (κ1) is 18.9. The zero-order chi connectivity index (χ0) is 19.4. The molecule has 1 aliphatic heterocycles. The highest BCUT2D eigenvalue weighted by molar-refractivity contribution is 6.12. The van der Waals surface area contributed by atoms with Crippen LogP contribution in [0.1, 0.15) is 56.7 Å². The summed E-state index contributed by atoms with van der Waals surface area (Å²) >= 11 is 0. The molecular weight excluding hydrogens is 338 g/mol. The van der Waals surface area contributed by atoms with Crippen LogP contribution >= 0.6 is 0 Å². The fraction of sp³-hybridized carbons (Fsp3) is 0.304. The van der Waals surface area contributed by atoms with Gasteiger partial charge in [0.1, 0.15) is 5.75 Å². The van der Waals surface area contributed by atoms with Crippen molar-refractivity contribution in [3.05, 3.63) is 70.9 Å². The fourth-order valence-corrected chi connectivity index (χ4v) is 2.70. The number of esters is 1. The number of benzene rings is 2. The van der Waals surface area contributed by atoms with Gasteiger partial charge in [-0.3, -0.25) is 0 Å². The number of carbonyl (C=O) groups is 1. The van der Waals surface area contributed by atoms with Crippen LogP contribution in [0.4, 0.5) is 0 Å². The summed E-state index contributed by atoms with van der Waals surface area (Å²) in [7, 11) is 0. The maximum atomic E-state index is 12.3. The van der Waals surface area contributed by atoms with E-state index < -0.39 is 5.97 Å². The molecule has 2 aromatic carbocycles. The van der Waals surface area contributed by atoms with Crippen LogP contribution in [-0.2, 0) is 9.53 Å². The second-order valence-corrected chi connectivity index (χ2v) is 6.99. The SMILES string of the molecule is CCC(C)Oc1ccccc1/C=C1\N=C(c2ccc(C(C)C)cc2)OC1=O. The highest BCUT2D eigenvalue weighted by Crippen LogP contribution is 2.26. The Morgan fingerprint density at radius 1 is 1.07 bits per heavy atom. The molecule has 1 atom stereocenters. The molecule has 0 spiro atoms. The van der Waals surface area contributed by atoms with Crippen LogP contribution in [0.15, 0.2) is 59.2 Å². The molecule has 0 saturated heterocycles. The standard InChI is InChI=1S/C23H25NO3/c1-5-16(4)26-21-9-7-6-8-19(21)14-20-23(25)27-22(24-20)18-12-10-17(11-13-18)15(2)3/h6-16H,5H2,1-4H3/b20-14-. The number of para-hydroxylation sites is 1. The third-order valence-corrected chi connectivity index (χ3v) is 4.56. The van der Waals surface area contributed by atoms with Gasteiger partial charge < -0.3 is 9.47 Å². The number of aliphatic imine (C=N–C) groups is 1. The Labute approximate surface area is 160 Å². The summed E-state index contributed by atoms with van der Waals surface area (Å²) in [6.45, 7) is 8.37. The molecule has 1 aliphatic rings. The van der Waals surface area contributed by atoms with E-state index in [9.17, 15) is 4.79 Å². The lowest BCUT2D eigenvalue weighted by Crippen LogP contribution is -2.10. The van der Waals surface area contributed by atoms with Gasteiger partial charge in [-0.2, -0.15) is 0 Å². The summed E-state index contributed by atoms with van der Waals surface area (Å²) in [5.41, 5.74) is 3.11. The first-order chi connectivity index (χ1) is 13.0. The van der Waals surface area contributed by atoms with E-state index in [-0.39, 0.29) is 11.8 Å². The van der Waals surface area contributed by atoms with E-state index in [0.717, 1.165) is 23.3 Å². The summed E-state index contributed by atoms with van der Waals surface area (Å²) in [6, 6.07) is 15.6. The van der Waals surface area contributed by atoms with Crippen LogP contribution in [0.3, 0.4) is 0 Å². The molecule has 2 aromatic rings. The van der Waals surface area contributed by atoms with Crippen molar-refractivity contribution in [1.29, 1.82) is 0 Å². The Balaban J connectivity index is 1.88. The molecular formula is C23H25NO3. The Hall–Kier alpha value is -2.88. The molecule has 3 rings (SSSR count). The van der Waals surface area contributed by atoms with Crippen molar-refractivity contribution in [3.8, 4) is 5.75 Å². The molecule has 1 heterocycles. The van der Waals surface area contributed by atoms with Gasteiger partial charge in [-0.15, -0.1) is 0 Å². The zero-order valence-corrected chi connectivity index (χ0v) is 16.2. The van der Waals surface area contributed by atoms with Gasteiger partial charge in [-0.25, -0.2) is 9.79 Å². The van der Waals surface area contributed by atoms with Gasteiger partial charge in [-0.1, -0.05) is 51.1 Å². The molecule has 0 radical (unpaired) electrons. The van der Waals surface area contributed by atoms with Crippen molar-refractivity contribution < 1.29 is 14.3 Å². The normalized spacial score (nSPS) is 16.4. The Morgan fingerprint density at radius 2 is 1.78 bits per heavy atom. The van der Waals surface area contributed by atoms with Crippen LogP contribution in [0.5, 0.6) is 5.75 Å². The van der Waals surface area contributed by atoms with Crippen LogP contribution in [-0.4, -0.2) is 18.0 Å². The second kappa shape index (κ2) is 8.21. The zero-order valence-electron chi connectivity index (χ0n) is 16.2. The van der Waals surface area contributed by atoms with E-state index in [1.165, 1.54) is 5.56 Å². The number of cyclic esters (lactones) is 1. The fourth-order valence-electron chi connectivity index (χ4n) is 2.70. The van der Waals surface area contributed by atoms with E-state index in [4.69, 9.17) is 9.47 Å². The second-order valence-electron chi connectivity index (χ2n) is 6.99. The van der Waals surface area contributed by atoms with Gasteiger partial charge in [0.15, 0.2) is 5.70 Å². The molecule has 0 bridgehead atoms. The van der Waals surface area contributed by atoms with Gasteiger partial charge >= 0.3 is 5.97 Å². The molecule has 27 heavy (non-hydrogen) atoms. The number of rotatable bonds is 6. The molecule has 4 nitrogen and oxygen atoms in total. The van der Waals surface area contributed by atoms with E-state index in [1.54, 1.807) is 6.08 Å². The smallest absolute Gasteiger partial charge is 0.363 e. The van der Waals surface area contributed by atoms with Crippen LogP contribution < -0.4 is 4.74 Å². The van der Waals surface area contributed by atoms with E-state index in [0.29, 0.717) is 11.8 Å². The molecule has 140 valence electrons. The van der Waals surface area contributed by atoms with Gasteiger partial charge in [0.2, 0.25) is 5.90 Å². The predicted octanol–water partition coefficient (Wildman–Crippen LogP) is 5.33. The molecule has 0 fully saturated rings. The monoisotopic (exact) mass is 363 g/mol. The third kappa shape index (κ3) is 4.45. The Bertz CT molecular complexity index is 879. The third-order valence-electron chi connectivity index (χ3n) is 4.56. The van der Waals surface area contributed by atoms with E-state index in [2.05, 4.69) is 25.8 Å². The van der Waals surface area contributed by atoms with Crippen molar-refractivity contribution in [1.82, 2.24) is 0 Å². The molecule has 0 N–H and O–H groups in total. The molecule has 0 amide bonds. The lowest BCUT2D eigenvalue weighted by molar-refractivity contribution is -0.129. The number of carbonyl (C=O) groups excluding carboxylic acids is 1. The number of ether oxygens (including phenoxy) is 2. The average molecular weight is 363 g/mol. The summed E-state index contributed by atoms with van der Waals surface area (Å²) in [5, 5.41) is 0. The first-order valence-electron chi connectivity index (χ1n) is 9.36. The summed E-state index contributed by atoms with van der Waals surface area (Å²) in [4.78, 5) is 16.7. The van der Waals surface area contributed by atoms with Crippen LogP contribution in [0.2, 0.25) is 0 Å². The van der Waals surface area contributed by atoms with E-state index in [1.807, 2.05) is 55.5 Å². The quantitative estimate of drug-likeness (QED) is 0.515. The average Bonchev–Trinajstić information content (AvgIpc) is 3.03. The molecule has 1 unspecified atom stereocenters. The number of hydrogen-bond acceptors (Lipinski definition) is 4. The van der Waals surface area contributed by atoms with Crippen molar-refractivity contribution in [2.45, 2.75) is 46.1 Å². The van der Waals surface area contributed by atoms with Crippen LogP contribution in [0.25, 0.3) is 6.08 Å². The number of nitrogens with zero attached hydrogens (tertiary/aromatic N) is 1. The summed E-state index contributed by atoms with van der Waals surface area (Å²) in [5.74, 6) is 1.07. The maximum Gasteiger partial charge on any atom is 0.363 e. The molecule has 0 saturated carbocycles. The van der Waals surface area contributed by atoms with Gasteiger partial charge in [-0.05, 0) is 49.1 Å². The van der Waals surface area contributed by atoms with E-state index >= 15 is 0 Å². The molecule has 0 aromatic heterocycles. The molecule has 4 heteroatoms. The highest BCUT2D eigenvalue weighted by atomic mass is 16.6. The lowest BCUT2D eigenvalue weighted by atomic mass is 10.0. The minimum Gasteiger partial charge on any atom is -0.490 e. The van der Waals surface area contributed by atoms with Gasteiger partial charge in [0.05, 0.1) is 6.10 Å². The minimum atomic E-state index is -0.448.